The van der Waals surface area contributed by atoms with Gasteiger partial charge in [0.2, 0.25) is 0 Å². The molecule has 0 aromatic carbocycles. The van der Waals surface area contributed by atoms with Crippen LogP contribution < -0.4 is 16.2 Å². The van der Waals surface area contributed by atoms with E-state index in [4.69, 9.17) is 16.1 Å². The Morgan fingerprint density at radius 1 is 1.38 bits per heavy atom. The lowest BCUT2D eigenvalue weighted by molar-refractivity contribution is 0.542. The molecule has 0 radical (unpaired) electrons. The summed E-state index contributed by atoms with van der Waals surface area (Å²) in [6.07, 6.45) is 0. The monoisotopic (exact) mass is 290 g/mol. The second kappa shape index (κ2) is 6.72. The van der Waals surface area contributed by atoms with Gasteiger partial charge in [0.15, 0.2) is 0 Å². The molecule has 3 N–H and O–H groups in total. The Hall–Kier alpha value is -1.87. The van der Waals surface area contributed by atoms with Gasteiger partial charge in [-0.2, -0.15) is 5.26 Å². The summed E-state index contributed by atoms with van der Waals surface area (Å²) in [6, 6.07) is 2.27. The van der Waals surface area contributed by atoms with E-state index in [2.05, 4.69) is 49.1 Å². The van der Waals surface area contributed by atoms with E-state index in [1.54, 1.807) is 0 Å². The summed E-state index contributed by atoms with van der Waals surface area (Å²) in [7, 11) is 0. The van der Waals surface area contributed by atoms with E-state index < -0.39 is 0 Å². The van der Waals surface area contributed by atoms with E-state index in [1.165, 1.54) is 0 Å². The van der Waals surface area contributed by atoms with Crippen LogP contribution in [0, 0.1) is 24.2 Å². The predicted octanol–water partition coefficient (Wildman–Crippen LogP) is 2.35. The maximum Gasteiger partial charge on any atom is 0.148 e. The van der Waals surface area contributed by atoms with E-state index in [0.29, 0.717) is 12.4 Å². The van der Waals surface area contributed by atoms with Gasteiger partial charge in [0.1, 0.15) is 17.5 Å². The van der Waals surface area contributed by atoms with Crippen molar-refractivity contribution in [2.45, 2.75) is 47.0 Å². The first kappa shape index (κ1) is 17.2. The first-order valence-electron chi connectivity index (χ1n) is 7.24. The van der Waals surface area contributed by atoms with Gasteiger partial charge >= 0.3 is 0 Å². The fraction of sp³-hybridized carbons (Fsp3) is 0.667. The molecular weight excluding hydrogens is 264 g/mol. The van der Waals surface area contributed by atoms with Crippen LogP contribution in [0.5, 0.6) is 0 Å². The minimum absolute atomic E-state index is 0.0633. The summed E-state index contributed by atoms with van der Waals surface area (Å²) in [4.78, 5) is 11.3. The number of hydrogen-bond acceptors (Lipinski definition) is 6. The third-order valence-corrected chi connectivity index (χ3v) is 3.32. The predicted molar refractivity (Wildman–Crippen MR) is 85.9 cm³/mol. The molecule has 0 aliphatic carbocycles. The summed E-state index contributed by atoms with van der Waals surface area (Å²) >= 11 is 0. The number of nitrogen functional groups attached to an aromatic ring is 1. The van der Waals surface area contributed by atoms with Crippen molar-refractivity contribution in [2.75, 3.05) is 23.4 Å². The van der Waals surface area contributed by atoms with E-state index in [-0.39, 0.29) is 11.3 Å². The van der Waals surface area contributed by atoms with Crippen LogP contribution >= 0.6 is 0 Å². The van der Waals surface area contributed by atoms with Crippen molar-refractivity contribution in [2.24, 2.45) is 11.8 Å². The van der Waals surface area contributed by atoms with Crippen molar-refractivity contribution < 1.29 is 0 Å². The van der Waals surface area contributed by atoms with E-state index >= 15 is 0 Å². The van der Waals surface area contributed by atoms with Gasteiger partial charge in [-0.15, -0.1) is 0 Å². The molecule has 116 valence electrons. The molecule has 0 saturated carbocycles. The van der Waals surface area contributed by atoms with E-state index in [9.17, 15) is 0 Å². The SMILES string of the molecule is CCN(CC(C)C#N)c1nc(C(C)(C)C)nc(NN)c1C. The first-order chi connectivity index (χ1) is 9.74. The summed E-state index contributed by atoms with van der Waals surface area (Å²) in [6.45, 7) is 13.5. The Bertz CT molecular complexity index is 526. The van der Waals surface area contributed by atoms with Crippen molar-refractivity contribution in [3.05, 3.63) is 11.4 Å². The highest BCUT2D eigenvalue weighted by Gasteiger charge is 2.23. The highest BCUT2D eigenvalue weighted by atomic mass is 15.3. The number of aromatic nitrogens is 2. The molecule has 0 aliphatic heterocycles. The van der Waals surface area contributed by atoms with E-state index in [0.717, 1.165) is 23.8 Å². The lowest BCUT2D eigenvalue weighted by atomic mass is 9.95. The van der Waals surface area contributed by atoms with Gasteiger partial charge in [-0.05, 0) is 20.8 Å². The van der Waals surface area contributed by atoms with Gasteiger partial charge in [-0.3, -0.25) is 0 Å². The van der Waals surface area contributed by atoms with Gasteiger partial charge < -0.3 is 10.3 Å². The average molecular weight is 290 g/mol. The van der Waals surface area contributed by atoms with Crippen molar-refractivity contribution in [3.8, 4) is 6.07 Å². The zero-order chi connectivity index (χ0) is 16.2. The molecule has 1 unspecified atom stereocenters. The molecule has 6 heteroatoms. The molecule has 0 fully saturated rings. The fourth-order valence-corrected chi connectivity index (χ4v) is 2.03. The highest BCUT2D eigenvalue weighted by Crippen LogP contribution is 2.28. The summed E-state index contributed by atoms with van der Waals surface area (Å²) in [5.41, 5.74) is 3.38. The van der Waals surface area contributed by atoms with Crippen molar-refractivity contribution >= 4 is 11.6 Å². The largest absolute Gasteiger partial charge is 0.355 e. The number of anilines is 2. The molecule has 0 saturated heterocycles. The van der Waals surface area contributed by atoms with Gasteiger partial charge in [0, 0.05) is 24.1 Å². The third-order valence-electron chi connectivity index (χ3n) is 3.32. The smallest absolute Gasteiger partial charge is 0.148 e. The number of nitrogens with two attached hydrogens (primary N) is 1. The average Bonchev–Trinajstić information content (AvgIpc) is 2.43. The first-order valence-corrected chi connectivity index (χ1v) is 7.24. The summed E-state index contributed by atoms with van der Waals surface area (Å²) < 4.78 is 0. The molecule has 0 bridgehead atoms. The normalized spacial score (nSPS) is 12.7. The Morgan fingerprint density at radius 2 is 2.00 bits per heavy atom. The molecule has 0 amide bonds. The van der Waals surface area contributed by atoms with Crippen LogP contribution in [0.4, 0.5) is 11.6 Å². The molecule has 1 heterocycles. The zero-order valence-electron chi connectivity index (χ0n) is 13.9. The van der Waals surface area contributed by atoms with Crippen LogP contribution in [-0.4, -0.2) is 23.1 Å². The number of hydrogen-bond donors (Lipinski definition) is 2. The summed E-state index contributed by atoms with van der Waals surface area (Å²) in [5.74, 6) is 7.73. The second-order valence-electron chi connectivity index (χ2n) is 6.31. The van der Waals surface area contributed by atoms with Gasteiger partial charge in [-0.1, -0.05) is 20.8 Å². The molecule has 21 heavy (non-hydrogen) atoms. The third kappa shape index (κ3) is 4.05. The molecule has 0 aliphatic rings. The maximum atomic E-state index is 9.04. The molecule has 1 atom stereocenters. The Kier molecular flexibility index (Phi) is 5.50. The molecule has 0 spiro atoms. The van der Waals surface area contributed by atoms with Gasteiger partial charge in [0.25, 0.3) is 0 Å². The van der Waals surface area contributed by atoms with Crippen LogP contribution in [0.1, 0.15) is 46.0 Å². The number of nitriles is 1. The van der Waals surface area contributed by atoms with Crippen LogP contribution in [0.2, 0.25) is 0 Å². The molecule has 1 aromatic heterocycles. The number of nitrogens with zero attached hydrogens (tertiary/aromatic N) is 4. The lowest BCUT2D eigenvalue weighted by Gasteiger charge is -2.28. The Morgan fingerprint density at radius 3 is 2.43 bits per heavy atom. The van der Waals surface area contributed by atoms with Crippen molar-refractivity contribution in [1.29, 1.82) is 5.26 Å². The summed E-state index contributed by atoms with van der Waals surface area (Å²) in [5, 5.41) is 9.04. The van der Waals surface area contributed by atoms with E-state index in [1.807, 2.05) is 13.8 Å². The Labute approximate surface area is 127 Å². The zero-order valence-corrected chi connectivity index (χ0v) is 13.9. The standard InChI is InChI=1S/C15H26N6/c1-7-21(9-10(2)8-16)13-11(3)12(20-17)18-14(19-13)15(4,5)6/h10H,7,9,17H2,1-6H3,(H,18,19,20). The van der Waals surface area contributed by atoms with Crippen LogP contribution in [0.3, 0.4) is 0 Å². The molecule has 6 nitrogen and oxygen atoms in total. The van der Waals surface area contributed by atoms with Crippen LogP contribution in [-0.2, 0) is 5.41 Å². The quantitative estimate of drug-likeness (QED) is 0.639. The van der Waals surface area contributed by atoms with Crippen molar-refractivity contribution in [1.82, 2.24) is 9.97 Å². The number of rotatable bonds is 5. The number of nitrogens with one attached hydrogen (secondary N) is 1. The van der Waals surface area contributed by atoms with Gasteiger partial charge in [0.05, 0.1) is 12.0 Å². The minimum atomic E-state index is -0.172. The second-order valence-corrected chi connectivity index (χ2v) is 6.31. The fourth-order valence-electron chi connectivity index (χ4n) is 2.03. The topological polar surface area (TPSA) is 90.9 Å². The lowest BCUT2D eigenvalue weighted by Crippen LogP contribution is -2.31. The Balaban J connectivity index is 3.35. The maximum absolute atomic E-state index is 9.04. The van der Waals surface area contributed by atoms with Crippen LogP contribution in [0.15, 0.2) is 0 Å². The van der Waals surface area contributed by atoms with Crippen LogP contribution in [0.25, 0.3) is 0 Å². The van der Waals surface area contributed by atoms with Crippen molar-refractivity contribution in [3.63, 3.8) is 0 Å². The molecular formula is C15H26N6. The minimum Gasteiger partial charge on any atom is -0.355 e. The highest BCUT2D eigenvalue weighted by molar-refractivity contribution is 5.58. The van der Waals surface area contributed by atoms with Gasteiger partial charge in [-0.25, -0.2) is 15.8 Å². The molecule has 1 aromatic rings. The molecule has 1 rings (SSSR count). The number of hydrazine groups is 1.